The fourth-order valence-corrected chi connectivity index (χ4v) is 2.91. The van der Waals surface area contributed by atoms with E-state index in [9.17, 15) is 0 Å². The molecule has 0 heterocycles. The lowest BCUT2D eigenvalue weighted by molar-refractivity contribution is 0.175. The summed E-state index contributed by atoms with van der Waals surface area (Å²) in [5.41, 5.74) is 2.55. The minimum Gasteiger partial charge on any atom is -0.384 e. The minimum absolute atomic E-state index is 0.802. The Balaban J connectivity index is 1.69. The molecule has 1 saturated carbocycles. The van der Waals surface area contributed by atoms with E-state index in [0.717, 1.165) is 25.0 Å². The quantitative estimate of drug-likeness (QED) is 0.863. The predicted molar refractivity (Wildman–Crippen MR) is 83.7 cm³/mol. The molecule has 0 aliphatic heterocycles. The average Bonchev–Trinajstić information content (AvgIpc) is 2.41. The summed E-state index contributed by atoms with van der Waals surface area (Å²) in [6.45, 7) is 6.68. The van der Waals surface area contributed by atoms with E-state index < -0.39 is 0 Å². The molecule has 1 aromatic carbocycles. The number of aryl methyl sites for hydroxylation is 1. The molecule has 106 valence electrons. The lowest BCUT2D eigenvalue weighted by Crippen LogP contribution is -2.37. The third-order valence-corrected chi connectivity index (χ3v) is 4.45. The van der Waals surface area contributed by atoms with Crippen molar-refractivity contribution in [2.75, 3.05) is 25.5 Å². The summed E-state index contributed by atoms with van der Waals surface area (Å²) in [5, 5.41) is 3.51. The smallest absolute Gasteiger partial charge is 0.0340 e. The Bertz CT molecular complexity index is 363. The summed E-state index contributed by atoms with van der Waals surface area (Å²) in [5.74, 6) is 0.940. The van der Waals surface area contributed by atoms with Crippen molar-refractivity contribution in [3.8, 4) is 0 Å². The van der Waals surface area contributed by atoms with Crippen LogP contribution < -0.4 is 5.32 Å². The molecular formula is C17H28N2. The van der Waals surface area contributed by atoms with Gasteiger partial charge in [-0.3, -0.25) is 0 Å². The van der Waals surface area contributed by atoms with Crippen molar-refractivity contribution in [1.82, 2.24) is 4.90 Å². The van der Waals surface area contributed by atoms with Gasteiger partial charge in [-0.25, -0.2) is 0 Å². The van der Waals surface area contributed by atoms with Crippen LogP contribution in [0.15, 0.2) is 24.3 Å². The molecule has 0 aromatic heterocycles. The Hall–Kier alpha value is -1.02. The largest absolute Gasteiger partial charge is 0.384 e. The zero-order valence-corrected chi connectivity index (χ0v) is 12.7. The first-order chi connectivity index (χ1) is 9.15. The highest BCUT2D eigenvalue weighted by atomic mass is 15.1. The molecule has 0 bridgehead atoms. The number of nitrogens with one attached hydrogen (secondary N) is 1. The van der Waals surface area contributed by atoms with Crippen LogP contribution in [0.3, 0.4) is 0 Å². The van der Waals surface area contributed by atoms with Gasteiger partial charge in [0.1, 0.15) is 0 Å². The van der Waals surface area contributed by atoms with Gasteiger partial charge in [0.05, 0.1) is 0 Å². The topological polar surface area (TPSA) is 15.3 Å². The van der Waals surface area contributed by atoms with Crippen molar-refractivity contribution in [3.05, 3.63) is 29.8 Å². The molecule has 2 rings (SSSR count). The molecule has 0 unspecified atom stereocenters. The third-order valence-electron chi connectivity index (χ3n) is 4.45. The molecule has 2 heteroatoms. The van der Waals surface area contributed by atoms with Crippen molar-refractivity contribution >= 4 is 5.69 Å². The summed E-state index contributed by atoms with van der Waals surface area (Å²) in [6, 6.07) is 9.45. The second-order valence-corrected chi connectivity index (χ2v) is 6.19. The van der Waals surface area contributed by atoms with E-state index in [1.54, 1.807) is 0 Å². The van der Waals surface area contributed by atoms with Crippen LogP contribution in [0.4, 0.5) is 5.69 Å². The normalized spacial score (nSPS) is 23.6. The van der Waals surface area contributed by atoms with Gasteiger partial charge in [0.2, 0.25) is 0 Å². The summed E-state index contributed by atoms with van der Waals surface area (Å²) in [7, 11) is 2.28. The Morgan fingerprint density at radius 3 is 2.37 bits per heavy atom. The number of likely N-dealkylation sites (N-methyl/N-ethyl adjacent to an activating group) is 1. The van der Waals surface area contributed by atoms with E-state index in [4.69, 9.17) is 0 Å². The maximum atomic E-state index is 3.51. The molecule has 0 atom stereocenters. The van der Waals surface area contributed by atoms with Gasteiger partial charge < -0.3 is 10.2 Å². The molecule has 0 amide bonds. The number of benzene rings is 1. The van der Waals surface area contributed by atoms with Gasteiger partial charge >= 0.3 is 0 Å². The number of rotatable bonds is 5. The monoisotopic (exact) mass is 260 g/mol. The highest BCUT2D eigenvalue weighted by Crippen LogP contribution is 2.26. The van der Waals surface area contributed by atoms with Crippen LogP contribution in [0.5, 0.6) is 0 Å². The molecule has 1 aromatic rings. The Labute approximate surface area is 118 Å². The van der Waals surface area contributed by atoms with E-state index in [1.165, 1.54) is 36.9 Å². The summed E-state index contributed by atoms with van der Waals surface area (Å²) in [4.78, 5) is 2.53. The Morgan fingerprint density at radius 2 is 1.74 bits per heavy atom. The SMILES string of the molecule is Cc1ccc(NCCN(C)C2CCC(C)CC2)cc1. The van der Waals surface area contributed by atoms with Crippen molar-refractivity contribution < 1.29 is 0 Å². The molecule has 1 fully saturated rings. The van der Waals surface area contributed by atoms with Crippen molar-refractivity contribution in [2.45, 2.75) is 45.6 Å². The van der Waals surface area contributed by atoms with Gasteiger partial charge in [0, 0.05) is 24.8 Å². The van der Waals surface area contributed by atoms with Crippen LogP contribution in [0, 0.1) is 12.8 Å². The maximum absolute atomic E-state index is 3.51. The fraction of sp³-hybridized carbons (Fsp3) is 0.647. The van der Waals surface area contributed by atoms with Crippen LogP contribution in [-0.4, -0.2) is 31.1 Å². The molecule has 1 aliphatic rings. The second kappa shape index (κ2) is 6.95. The van der Waals surface area contributed by atoms with Gasteiger partial charge in [0.25, 0.3) is 0 Å². The van der Waals surface area contributed by atoms with Gasteiger partial charge in [-0.1, -0.05) is 24.6 Å². The zero-order chi connectivity index (χ0) is 13.7. The number of nitrogens with zero attached hydrogens (tertiary/aromatic N) is 1. The minimum atomic E-state index is 0.802. The van der Waals surface area contributed by atoms with Gasteiger partial charge in [-0.05, 0) is 57.7 Å². The van der Waals surface area contributed by atoms with Crippen LogP contribution in [-0.2, 0) is 0 Å². The van der Waals surface area contributed by atoms with Crippen LogP contribution >= 0.6 is 0 Å². The zero-order valence-electron chi connectivity index (χ0n) is 12.7. The maximum Gasteiger partial charge on any atom is 0.0340 e. The second-order valence-electron chi connectivity index (χ2n) is 6.19. The molecule has 1 N–H and O–H groups in total. The van der Waals surface area contributed by atoms with E-state index in [0.29, 0.717) is 0 Å². The van der Waals surface area contributed by atoms with E-state index in [-0.39, 0.29) is 0 Å². The molecule has 0 spiro atoms. The molecule has 1 aliphatic carbocycles. The standard InChI is InChI=1S/C17H28N2/c1-14-4-8-16(9-5-14)18-12-13-19(3)17-10-6-15(2)7-11-17/h4-5,8-9,15,17-18H,6-7,10-13H2,1-3H3. The van der Waals surface area contributed by atoms with E-state index in [1.807, 2.05) is 0 Å². The van der Waals surface area contributed by atoms with Crippen molar-refractivity contribution in [1.29, 1.82) is 0 Å². The van der Waals surface area contributed by atoms with E-state index in [2.05, 4.69) is 55.4 Å². The van der Waals surface area contributed by atoms with Gasteiger partial charge in [-0.15, -0.1) is 0 Å². The molecular weight excluding hydrogens is 232 g/mol. The number of hydrogen-bond acceptors (Lipinski definition) is 2. The first-order valence-corrected chi connectivity index (χ1v) is 7.66. The lowest BCUT2D eigenvalue weighted by Gasteiger charge is -2.33. The summed E-state index contributed by atoms with van der Waals surface area (Å²) in [6.07, 6.45) is 5.56. The Kier molecular flexibility index (Phi) is 5.26. The van der Waals surface area contributed by atoms with Gasteiger partial charge in [0.15, 0.2) is 0 Å². The fourth-order valence-electron chi connectivity index (χ4n) is 2.91. The van der Waals surface area contributed by atoms with Crippen molar-refractivity contribution in [2.24, 2.45) is 5.92 Å². The molecule has 0 radical (unpaired) electrons. The summed E-state index contributed by atoms with van der Waals surface area (Å²) < 4.78 is 0. The van der Waals surface area contributed by atoms with Crippen LogP contribution in [0.1, 0.15) is 38.2 Å². The molecule has 19 heavy (non-hydrogen) atoms. The first kappa shape index (κ1) is 14.4. The van der Waals surface area contributed by atoms with Gasteiger partial charge in [-0.2, -0.15) is 0 Å². The Morgan fingerprint density at radius 1 is 1.11 bits per heavy atom. The van der Waals surface area contributed by atoms with Crippen LogP contribution in [0.2, 0.25) is 0 Å². The number of anilines is 1. The third kappa shape index (κ3) is 4.54. The first-order valence-electron chi connectivity index (χ1n) is 7.66. The number of hydrogen-bond donors (Lipinski definition) is 1. The molecule has 0 saturated heterocycles. The highest BCUT2D eigenvalue weighted by molar-refractivity contribution is 5.44. The van der Waals surface area contributed by atoms with Crippen molar-refractivity contribution in [3.63, 3.8) is 0 Å². The average molecular weight is 260 g/mol. The molecule has 2 nitrogen and oxygen atoms in total. The lowest BCUT2D eigenvalue weighted by atomic mass is 9.87. The predicted octanol–water partition coefficient (Wildman–Crippen LogP) is 3.92. The summed E-state index contributed by atoms with van der Waals surface area (Å²) >= 11 is 0. The van der Waals surface area contributed by atoms with Crippen LogP contribution in [0.25, 0.3) is 0 Å². The van der Waals surface area contributed by atoms with E-state index >= 15 is 0 Å². The highest BCUT2D eigenvalue weighted by Gasteiger charge is 2.20.